The smallest absolute Gasteiger partial charge is 0.157 e. The Labute approximate surface area is 682 Å². The van der Waals surface area contributed by atoms with Crippen LogP contribution >= 0.6 is 23.2 Å². The Morgan fingerprint density at radius 1 is 0.354 bits per heavy atom. The maximum atomic E-state index is 12.4. The summed E-state index contributed by atoms with van der Waals surface area (Å²) in [4.78, 5) is 87.4. The highest BCUT2D eigenvalue weighted by atomic mass is 35.5. The Bertz CT molecular complexity index is 4140. The summed E-state index contributed by atoms with van der Waals surface area (Å²) >= 11 is 12.2. The number of benzene rings is 7. The van der Waals surface area contributed by atoms with Crippen LogP contribution in [0.1, 0.15) is 246 Å². The van der Waals surface area contributed by atoms with Gasteiger partial charge >= 0.3 is 0 Å². The van der Waals surface area contributed by atoms with E-state index >= 15 is 0 Å². The molecule has 9 N–H and O–H groups in total. The van der Waals surface area contributed by atoms with Crippen molar-refractivity contribution in [3.05, 3.63) is 237 Å². The molecule has 0 spiro atoms. The zero-order valence-corrected chi connectivity index (χ0v) is 69.6. The third kappa shape index (κ3) is 22.0. The van der Waals surface area contributed by atoms with E-state index in [1.165, 1.54) is 0 Å². The van der Waals surface area contributed by atoms with Crippen molar-refractivity contribution in [2.24, 2.45) is 5.73 Å². The van der Waals surface area contributed by atoms with Crippen LogP contribution in [0.3, 0.4) is 0 Å². The molecule has 7 saturated carbocycles. The van der Waals surface area contributed by atoms with Crippen molar-refractivity contribution in [1.82, 2.24) is 31.5 Å². The van der Waals surface area contributed by atoms with Crippen LogP contribution in [0.25, 0.3) is 0 Å². The van der Waals surface area contributed by atoms with E-state index in [-0.39, 0.29) is 46.0 Å². The van der Waals surface area contributed by atoms with Crippen molar-refractivity contribution in [3.63, 3.8) is 0 Å². The average molecular weight is 1580 g/mol. The Morgan fingerprint density at radius 3 is 1.10 bits per heavy atom. The molecule has 113 heavy (non-hydrogen) atoms. The minimum atomic E-state index is -0.709. The van der Waals surface area contributed by atoms with E-state index < -0.39 is 33.2 Å². The number of nitrogens with one attached hydrogen (secondary N) is 5. The van der Waals surface area contributed by atoms with E-state index in [1.807, 2.05) is 169 Å². The van der Waals surface area contributed by atoms with Gasteiger partial charge in [0.2, 0.25) is 0 Å². The van der Waals surface area contributed by atoms with Gasteiger partial charge in [0.15, 0.2) is 40.5 Å². The molecule has 7 fully saturated rings. The number of nitrogens with two attached hydrogens (primary N) is 1. The van der Waals surface area contributed by atoms with Crippen LogP contribution in [-0.2, 0) is 72.3 Å². The van der Waals surface area contributed by atoms with E-state index in [0.717, 1.165) is 200 Å². The van der Waals surface area contributed by atoms with Crippen molar-refractivity contribution in [2.45, 2.75) is 246 Å². The number of nitrogens with zero attached hydrogens (tertiary/aromatic N) is 1. The molecule has 0 aromatic heterocycles. The highest BCUT2D eigenvalue weighted by molar-refractivity contribution is 6.32. The van der Waals surface area contributed by atoms with Crippen molar-refractivity contribution >= 4 is 63.7 Å². The summed E-state index contributed by atoms with van der Waals surface area (Å²) in [6.07, 6.45) is 26.3. The number of likely N-dealkylation sites (N-methyl/N-ethyl adjacent to an activating group) is 5. The number of hydrogen-bond acceptors (Lipinski definition) is 16. The molecule has 0 unspecified atom stereocenters. The number of hydrogen-bond donors (Lipinski definition) is 8. The first-order chi connectivity index (χ1) is 54.5. The van der Waals surface area contributed by atoms with Gasteiger partial charge in [0.25, 0.3) is 0 Å². The van der Waals surface area contributed by atoms with Crippen LogP contribution in [0.2, 0.25) is 10.0 Å². The fourth-order valence-corrected chi connectivity index (χ4v) is 18.4. The van der Waals surface area contributed by atoms with Gasteiger partial charge in [-0.25, -0.2) is 0 Å². The second kappa shape index (κ2) is 43.7. The number of halogens is 2. The van der Waals surface area contributed by atoms with Crippen molar-refractivity contribution < 1.29 is 43.8 Å². The predicted octanol–water partition coefficient (Wildman–Crippen LogP) is 18.1. The van der Waals surface area contributed by atoms with Crippen molar-refractivity contribution in [2.75, 3.05) is 47.8 Å². The van der Waals surface area contributed by atoms with E-state index in [0.29, 0.717) is 66.6 Å². The fourth-order valence-electron chi connectivity index (χ4n) is 18.0. The Kier molecular flexibility index (Phi) is 35.1. The Balaban J connectivity index is 0.000000165. The number of carbonyl (C=O) groups is 7. The second-order valence-corrected chi connectivity index (χ2v) is 32.2. The molecule has 608 valence electrons. The van der Waals surface area contributed by atoms with Gasteiger partial charge in [0, 0.05) is 55.0 Å². The largest absolute Gasteiger partial charge is 0.508 e. The summed E-state index contributed by atoms with van der Waals surface area (Å²) in [7, 11) is 7.68. The van der Waals surface area contributed by atoms with E-state index in [9.17, 15) is 43.8 Å². The molecule has 18 heteroatoms. The van der Waals surface area contributed by atoms with Crippen LogP contribution in [0.4, 0.5) is 0 Å². The maximum absolute atomic E-state index is 12.4. The first-order valence-electron chi connectivity index (χ1n) is 41.6. The first kappa shape index (κ1) is 90.7. The summed E-state index contributed by atoms with van der Waals surface area (Å²) in [6, 6.07) is 59.4. The molecule has 0 heterocycles. The SMILES string of the molecule is CCCN[C@]1(c2ccccc2)CCCCC1=O.CCN[C@]1(c2cccc(O)c2)CCCCC1=O.CCN[C@]1(c2ccccc2Cl)CCCCC1=O.CN(C)[C@]1(c2ccccc2)CCCCC1=O.CN[C@]1(c2cccc(Cl)c2)CCCCC1=O.CN[C@]1(c2cccc(O)c2)CCCCC1=O.N[C@]1(c2ccccc2)CCCCC1=O. The summed E-state index contributed by atoms with van der Waals surface area (Å²) < 4.78 is 0. The molecule has 7 aliphatic carbocycles. The molecule has 16 nitrogen and oxygen atoms in total. The lowest BCUT2D eigenvalue weighted by molar-refractivity contribution is -0.133. The molecule has 7 atom stereocenters. The normalized spacial score (nSPS) is 25.6. The van der Waals surface area contributed by atoms with Gasteiger partial charge in [-0.2, -0.15) is 0 Å². The van der Waals surface area contributed by atoms with Gasteiger partial charge in [0.05, 0.1) is 0 Å². The number of rotatable bonds is 17. The molecule has 7 aromatic carbocycles. The quantitative estimate of drug-likeness (QED) is 0.0422. The summed E-state index contributed by atoms with van der Waals surface area (Å²) in [5.41, 5.74) is 9.40. The third-order valence-electron chi connectivity index (χ3n) is 24.2. The summed E-state index contributed by atoms with van der Waals surface area (Å²) in [5.74, 6) is 2.39. The summed E-state index contributed by atoms with van der Waals surface area (Å²) in [5, 5.41) is 37.0. The zero-order valence-electron chi connectivity index (χ0n) is 68.1. The van der Waals surface area contributed by atoms with Gasteiger partial charge in [-0.1, -0.05) is 235 Å². The van der Waals surface area contributed by atoms with Gasteiger partial charge < -0.3 is 42.5 Å². The van der Waals surface area contributed by atoms with Gasteiger partial charge in [0.1, 0.15) is 50.3 Å². The van der Waals surface area contributed by atoms with Crippen LogP contribution in [-0.4, -0.2) is 103 Å². The molecule has 0 amide bonds. The highest BCUT2D eigenvalue weighted by Gasteiger charge is 2.47. The second-order valence-electron chi connectivity index (χ2n) is 31.3. The lowest BCUT2D eigenvalue weighted by Gasteiger charge is -2.41. The van der Waals surface area contributed by atoms with Gasteiger partial charge in [-0.15, -0.1) is 0 Å². The number of ketones is 7. The number of aromatic hydroxyl groups is 2. The topological polar surface area (TPSA) is 249 Å². The number of carbonyl (C=O) groups excluding carboxylic acids is 7. The third-order valence-corrected chi connectivity index (χ3v) is 24.7. The zero-order chi connectivity index (χ0) is 81.6. The van der Waals surface area contributed by atoms with E-state index in [1.54, 1.807) is 36.4 Å². The lowest BCUT2D eigenvalue weighted by Crippen LogP contribution is -2.51. The molecule has 14 rings (SSSR count). The van der Waals surface area contributed by atoms with E-state index in [4.69, 9.17) is 28.9 Å². The minimum absolute atomic E-state index is 0.190. The van der Waals surface area contributed by atoms with E-state index in [2.05, 4.69) is 62.7 Å². The van der Waals surface area contributed by atoms with Crippen molar-refractivity contribution in [3.8, 4) is 11.5 Å². The monoisotopic (exact) mass is 1580 g/mol. The van der Waals surface area contributed by atoms with Gasteiger partial charge in [-0.05, 0) is 226 Å². The molecule has 7 aliphatic rings. The molecule has 0 radical (unpaired) electrons. The lowest BCUT2D eigenvalue weighted by atomic mass is 9.74. The Morgan fingerprint density at radius 2 is 0.699 bits per heavy atom. The number of phenolic OH excluding ortho intramolecular Hbond substituents is 2. The first-order valence-corrected chi connectivity index (χ1v) is 42.3. The molecule has 0 saturated heterocycles. The van der Waals surface area contributed by atoms with Crippen LogP contribution in [0.15, 0.2) is 188 Å². The van der Waals surface area contributed by atoms with Gasteiger partial charge in [-0.3, -0.25) is 38.5 Å². The molecule has 0 aliphatic heterocycles. The number of phenols is 2. The van der Waals surface area contributed by atoms with Crippen LogP contribution < -0.4 is 32.3 Å². The highest BCUT2D eigenvalue weighted by Crippen LogP contribution is 2.43. The van der Waals surface area contributed by atoms with Crippen LogP contribution in [0.5, 0.6) is 11.5 Å². The molecule has 0 bridgehead atoms. The summed E-state index contributed by atoms with van der Waals surface area (Å²) in [6.45, 7) is 8.60. The molecular formula is C95H125Cl2N7O9. The standard InChI is InChI=1S/C15H21NO.C14H18ClNO.C14H19NO2.C14H19NO.C13H16ClNO.C13H17NO2.C12H15NO/c1-2-12-16-15(11-7-6-10-14(15)17)13-8-4-3-5-9-13;1-2-16-14(10-6-5-9-13(14)17)11-7-3-4-8-12(11)15;1-2-15-14(9-4-3-8-13(14)17)11-6-5-7-12(16)10-11;1-15(2)14(11-7-6-10-13(14)16)12-8-4-3-5-9-12;1-15-13(8-3-2-7-12(13)16)10-5-4-6-11(14)9-10;1-14-13(8-3-2-7-12(13)16)10-5-4-6-11(15)9-10;13-12(9-5-4-8-11(12)14)10-6-2-1-3-7-10/h3-5,8-9,16H,2,6-7,10-12H2,1H3;3-4,7-8,16H,2,5-6,9-10H2,1H3;5-7,10,15-16H,2-4,8-9H2,1H3;3-5,8-9H,6-7,10-11H2,1-2H3;4-6,9,15H,2-3,7-8H2,1H3;4-6,9,14-15H,2-3,7-8H2,1H3;1-3,6-7H,4-5,8-9,13H2/t15-;3*14-;2*13-;12-/m0000000/s1. The minimum Gasteiger partial charge on any atom is -0.508 e. The average Bonchev–Trinajstić information content (AvgIpc) is 0.771. The Hall–Kier alpha value is -7.87. The molecular weight excluding hydrogens is 1450 g/mol. The van der Waals surface area contributed by atoms with Crippen molar-refractivity contribution in [1.29, 1.82) is 0 Å². The van der Waals surface area contributed by atoms with Crippen LogP contribution in [0, 0.1) is 0 Å². The fraction of sp³-hybridized carbons (Fsp3) is 0.484. The molecule has 7 aromatic rings. The maximum Gasteiger partial charge on any atom is 0.157 e. The number of Topliss-reactive ketones (excluding diaryl/α,β-unsaturated/α-hetero) is 7. The predicted molar refractivity (Wildman–Crippen MR) is 456 cm³/mol.